The Morgan fingerprint density at radius 3 is 3.10 bits per heavy atom. The summed E-state index contributed by atoms with van der Waals surface area (Å²) in [7, 11) is 0. The van der Waals surface area contributed by atoms with Crippen LogP contribution in [0.25, 0.3) is 5.65 Å². The van der Waals surface area contributed by atoms with Crippen molar-refractivity contribution in [1.29, 1.82) is 0 Å². The van der Waals surface area contributed by atoms with Crippen molar-refractivity contribution in [3.05, 3.63) is 51.7 Å². The van der Waals surface area contributed by atoms with E-state index >= 15 is 0 Å². The first-order chi connectivity index (χ1) is 9.69. The second-order valence-electron chi connectivity index (χ2n) is 4.01. The summed E-state index contributed by atoms with van der Waals surface area (Å²) in [4.78, 5) is 15.4. The van der Waals surface area contributed by atoms with Crippen molar-refractivity contribution in [2.75, 3.05) is 0 Å². The molecule has 0 saturated heterocycles. The molecule has 0 aliphatic rings. The minimum Gasteiger partial charge on any atom is -0.438 e. The number of halogens is 1. The predicted molar refractivity (Wildman–Crippen MR) is 73.0 cm³/mol. The van der Waals surface area contributed by atoms with Crippen LogP contribution in [0, 0.1) is 0 Å². The average Bonchev–Trinajstić information content (AvgIpc) is 2.80. The normalized spacial score (nSPS) is 10.9. The Kier molecular flexibility index (Phi) is 3.13. The van der Waals surface area contributed by atoms with Gasteiger partial charge in [0.1, 0.15) is 12.1 Å². The Morgan fingerprint density at radius 1 is 1.45 bits per heavy atom. The van der Waals surface area contributed by atoms with Crippen LogP contribution in [0.15, 0.2) is 35.4 Å². The highest BCUT2D eigenvalue weighted by atomic mass is 35.5. The highest BCUT2D eigenvalue weighted by Gasteiger charge is 2.09. The second kappa shape index (κ2) is 4.95. The van der Waals surface area contributed by atoms with Crippen LogP contribution in [0.2, 0.25) is 5.02 Å². The zero-order valence-corrected chi connectivity index (χ0v) is 11.0. The van der Waals surface area contributed by atoms with Gasteiger partial charge in [0.2, 0.25) is 5.88 Å². The second-order valence-corrected chi connectivity index (χ2v) is 4.41. The van der Waals surface area contributed by atoms with Crippen molar-refractivity contribution in [2.24, 2.45) is 5.73 Å². The molecule has 0 aliphatic carbocycles. The van der Waals surface area contributed by atoms with Gasteiger partial charge >= 0.3 is 5.69 Å². The molecule has 0 saturated carbocycles. The molecule has 7 nitrogen and oxygen atoms in total. The zero-order valence-electron chi connectivity index (χ0n) is 10.2. The van der Waals surface area contributed by atoms with Crippen molar-refractivity contribution in [3.8, 4) is 11.6 Å². The number of hydrogen-bond donors (Lipinski definition) is 2. The predicted octanol–water partition coefficient (Wildman–Crippen LogP) is 1.32. The van der Waals surface area contributed by atoms with Crippen LogP contribution in [0.4, 0.5) is 0 Å². The van der Waals surface area contributed by atoms with E-state index in [1.54, 1.807) is 24.3 Å². The summed E-state index contributed by atoms with van der Waals surface area (Å²) in [6.07, 6.45) is 1.34. The fourth-order valence-corrected chi connectivity index (χ4v) is 2.04. The summed E-state index contributed by atoms with van der Waals surface area (Å²) in [5.74, 6) is 0.822. The van der Waals surface area contributed by atoms with Gasteiger partial charge in [-0.15, -0.1) is 0 Å². The fourth-order valence-electron chi connectivity index (χ4n) is 1.79. The number of nitrogens with one attached hydrogen (secondary N) is 1. The minimum absolute atomic E-state index is 0.249. The third-order valence-corrected chi connectivity index (χ3v) is 3.13. The lowest BCUT2D eigenvalue weighted by atomic mass is 10.2. The average molecular weight is 292 g/mol. The molecule has 0 radical (unpaired) electrons. The van der Waals surface area contributed by atoms with Crippen LogP contribution in [0.1, 0.15) is 5.56 Å². The Labute approximate surface area is 118 Å². The number of nitrogens with zero attached hydrogens (tertiary/aromatic N) is 3. The first-order valence-corrected chi connectivity index (χ1v) is 6.15. The molecule has 20 heavy (non-hydrogen) atoms. The number of fused-ring (bicyclic) bond motifs is 1. The van der Waals surface area contributed by atoms with Crippen molar-refractivity contribution in [3.63, 3.8) is 0 Å². The lowest BCUT2D eigenvalue weighted by Gasteiger charge is -2.10. The molecule has 3 N–H and O–H groups in total. The lowest BCUT2D eigenvalue weighted by molar-refractivity contribution is 0.456. The first kappa shape index (κ1) is 12.6. The number of aromatic nitrogens is 4. The zero-order chi connectivity index (χ0) is 14.1. The standard InChI is InChI=1S/C12H10ClN5O2/c13-8-2-1-3-9(7(8)5-14)20-11-4-10-16-17-12(19)18(10)6-15-11/h1-4,6H,5,14H2,(H,17,19). The molecule has 2 aromatic heterocycles. The van der Waals surface area contributed by atoms with Gasteiger partial charge in [-0.05, 0) is 12.1 Å². The highest BCUT2D eigenvalue weighted by molar-refractivity contribution is 6.31. The Balaban J connectivity index is 2.01. The molecule has 0 unspecified atom stereocenters. The maximum absolute atomic E-state index is 11.3. The van der Waals surface area contributed by atoms with Gasteiger partial charge in [-0.2, -0.15) is 5.10 Å². The molecule has 0 fully saturated rings. The molecule has 0 aliphatic heterocycles. The summed E-state index contributed by atoms with van der Waals surface area (Å²) in [6.45, 7) is 0.249. The summed E-state index contributed by atoms with van der Waals surface area (Å²) in [6, 6.07) is 6.78. The van der Waals surface area contributed by atoms with E-state index in [2.05, 4.69) is 15.2 Å². The fraction of sp³-hybridized carbons (Fsp3) is 0.0833. The molecule has 2 heterocycles. The van der Waals surface area contributed by atoms with Crippen LogP contribution < -0.4 is 16.2 Å². The third kappa shape index (κ3) is 2.13. The number of rotatable bonds is 3. The molecule has 1 aromatic carbocycles. The lowest BCUT2D eigenvalue weighted by Crippen LogP contribution is -2.09. The molecular formula is C12H10ClN5O2. The van der Waals surface area contributed by atoms with Crippen LogP contribution >= 0.6 is 11.6 Å². The van der Waals surface area contributed by atoms with Crippen molar-refractivity contribution in [2.45, 2.75) is 6.54 Å². The number of benzene rings is 1. The Morgan fingerprint density at radius 2 is 2.30 bits per heavy atom. The molecule has 0 bridgehead atoms. The van der Waals surface area contributed by atoms with E-state index in [4.69, 9.17) is 22.1 Å². The minimum atomic E-state index is -0.357. The molecule has 0 atom stereocenters. The van der Waals surface area contributed by atoms with Crippen molar-refractivity contribution in [1.82, 2.24) is 19.6 Å². The maximum Gasteiger partial charge on any atom is 0.348 e. The van der Waals surface area contributed by atoms with Crippen LogP contribution in [0.5, 0.6) is 11.6 Å². The van der Waals surface area contributed by atoms with Crippen LogP contribution in [-0.2, 0) is 6.54 Å². The van der Waals surface area contributed by atoms with E-state index in [-0.39, 0.29) is 12.2 Å². The van der Waals surface area contributed by atoms with Gasteiger partial charge in [0.15, 0.2) is 5.65 Å². The number of hydrogen-bond acceptors (Lipinski definition) is 5. The van der Waals surface area contributed by atoms with E-state index in [0.717, 1.165) is 0 Å². The molecule has 3 aromatic rings. The molecule has 0 amide bonds. The van der Waals surface area contributed by atoms with Gasteiger partial charge in [-0.25, -0.2) is 19.3 Å². The summed E-state index contributed by atoms with van der Waals surface area (Å²) in [5, 5.41) is 6.69. The smallest absolute Gasteiger partial charge is 0.348 e. The van der Waals surface area contributed by atoms with Gasteiger partial charge in [0, 0.05) is 23.2 Å². The molecule has 0 spiro atoms. The SMILES string of the molecule is NCc1c(Cl)cccc1Oc1cc2n[nH]c(=O)n2cn1. The Bertz CT molecular complexity index is 826. The summed E-state index contributed by atoms with van der Waals surface area (Å²) < 4.78 is 6.93. The van der Waals surface area contributed by atoms with E-state index in [9.17, 15) is 4.79 Å². The molecule has 3 rings (SSSR count). The Hall–Kier alpha value is -2.38. The monoisotopic (exact) mass is 291 g/mol. The quantitative estimate of drug-likeness (QED) is 0.758. The third-order valence-electron chi connectivity index (χ3n) is 2.78. The number of ether oxygens (including phenoxy) is 1. The van der Waals surface area contributed by atoms with Gasteiger partial charge in [0.25, 0.3) is 0 Å². The van der Waals surface area contributed by atoms with Gasteiger partial charge in [-0.3, -0.25) is 0 Å². The molecular weight excluding hydrogens is 282 g/mol. The van der Waals surface area contributed by atoms with E-state index in [1.807, 2.05) is 0 Å². The van der Waals surface area contributed by atoms with E-state index in [0.29, 0.717) is 27.9 Å². The van der Waals surface area contributed by atoms with Gasteiger partial charge in [0.05, 0.1) is 0 Å². The first-order valence-electron chi connectivity index (χ1n) is 5.77. The number of aromatic amines is 1. The number of nitrogens with two attached hydrogens (primary N) is 1. The van der Waals surface area contributed by atoms with Crippen LogP contribution in [-0.4, -0.2) is 19.6 Å². The van der Waals surface area contributed by atoms with E-state index in [1.165, 1.54) is 10.7 Å². The molecule has 8 heteroatoms. The van der Waals surface area contributed by atoms with Crippen LogP contribution in [0.3, 0.4) is 0 Å². The van der Waals surface area contributed by atoms with Crippen molar-refractivity contribution < 1.29 is 4.74 Å². The van der Waals surface area contributed by atoms with Gasteiger partial charge < -0.3 is 10.5 Å². The maximum atomic E-state index is 11.3. The molecule has 102 valence electrons. The summed E-state index contributed by atoms with van der Waals surface area (Å²) in [5.41, 5.74) is 6.40. The topological polar surface area (TPSA) is 98.3 Å². The number of H-pyrrole nitrogens is 1. The highest BCUT2D eigenvalue weighted by Crippen LogP contribution is 2.29. The van der Waals surface area contributed by atoms with E-state index < -0.39 is 0 Å². The summed E-state index contributed by atoms with van der Waals surface area (Å²) >= 11 is 6.05. The van der Waals surface area contributed by atoms with Gasteiger partial charge in [-0.1, -0.05) is 17.7 Å². The largest absolute Gasteiger partial charge is 0.438 e. The van der Waals surface area contributed by atoms with Crippen molar-refractivity contribution >= 4 is 17.2 Å².